The van der Waals surface area contributed by atoms with Crippen LogP contribution in [0.15, 0.2) is 12.7 Å². The normalized spacial score (nSPS) is 9.50. The minimum atomic E-state index is 0.106. The number of nitrogens with one attached hydrogen (secondary N) is 1. The van der Waals surface area contributed by atoms with Gasteiger partial charge in [-0.05, 0) is 5.92 Å². The molecule has 0 bridgehead atoms. The molecule has 0 atom stereocenters. The van der Waals surface area contributed by atoms with E-state index in [9.17, 15) is 4.79 Å². The van der Waals surface area contributed by atoms with Crippen LogP contribution in [-0.2, 0) is 4.79 Å². The molecule has 0 saturated heterocycles. The lowest BCUT2D eigenvalue weighted by Gasteiger charge is -2.03. The molecular formula is C8H15NO. The lowest BCUT2D eigenvalue weighted by Crippen LogP contribution is -2.24. The van der Waals surface area contributed by atoms with Gasteiger partial charge in [-0.3, -0.25) is 4.79 Å². The summed E-state index contributed by atoms with van der Waals surface area (Å²) in [6, 6.07) is 0. The van der Waals surface area contributed by atoms with Crippen molar-refractivity contribution in [2.24, 2.45) is 5.92 Å². The van der Waals surface area contributed by atoms with E-state index >= 15 is 0 Å². The Hall–Kier alpha value is -0.790. The maximum Gasteiger partial charge on any atom is 0.220 e. The van der Waals surface area contributed by atoms with Gasteiger partial charge in [0.15, 0.2) is 0 Å². The Bertz CT molecular complexity index is 118. The zero-order valence-corrected chi connectivity index (χ0v) is 6.68. The van der Waals surface area contributed by atoms with Crippen molar-refractivity contribution in [1.29, 1.82) is 0 Å². The Labute approximate surface area is 62.3 Å². The van der Waals surface area contributed by atoms with E-state index in [-0.39, 0.29) is 5.91 Å². The molecule has 10 heavy (non-hydrogen) atoms. The van der Waals surface area contributed by atoms with Gasteiger partial charge >= 0.3 is 0 Å². The first-order valence-electron chi connectivity index (χ1n) is 3.54. The number of carbonyl (C=O) groups is 1. The van der Waals surface area contributed by atoms with E-state index in [1.807, 2.05) is 13.8 Å². The van der Waals surface area contributed by atoms with Gasteiger partial charge in [-0.1, -0.05) is 19.9 Å². The third-order valence-electron chi connectivity index (χ3n) is 1.04. The van der Waals surface area contributed by atoms with Crippen molar-refractivity contribution in [3.8, 4) is 0 Å². The molecule has 0 fully saturated rings. The Morgan fingerprint density at radius 1 is 1.70 bits per heavy atom. The van der Waals surface area contributed by atoms with E-state index < -0.39 is 0 Å². The minimum absolute atomic E-state index is 0.106. The molecule has 0 aromatic heterocycles. The SMILES string of the molecule is C=CCNC(=O)CC(C)C. The summed E-state index contributed by atoms with van der Waals surface area (Å²) in [7, 11) is 0. The lowest BCUT2D eigenvalue weighted by atomic mass is 10.1. The van der Waals surface area contributed by atoms with Crippen molar-refractivity contribution in [2.45, 2.75) is 20.3 Å². The van der Waals surface area contributed by atoms with E-state index in [1.54, 1.807) is 6.08 Å². The Balaban J connectivity index is 3.34. The van der Waals surface area contributed by atoms with Gasteiger partial charge in [0.05, 0.1) is 0 Å². The number of amides is 1. The Kier molecular flexibility index (Phi) is 4.63. The highest BCUT2D eigenvalue weighted by atomic mass is 16.1. The fraction of sp³-hybridized carbons (Fsp3) is 0.625. The first-order valence-corrected chi connectivity index (χ1v) is 3.54. The molecule has 0 aromatic carbocycles. The zero-order valence-electron chi connectivity index (χ0n) is 6.68. The average Bonchev–Trinajstić information content (AvgIpc) is 1.82. The second-order valence-electron chi connectivity index (χ2n) is 2.69. The Morgan fingerprint density at radius 2 is 2.30 bits per heavy atom. The molecule has 1 N–H and O–H groups in total. The highest BCUT2D eigenvalue weighted by molar-refractivity contribution is 5.76. The molecule has 0 spiro atoms. The molecule has 1 amide bonds. The lowest BCUT2D eigenvalue weighted by molar-refractivity contribution is -0.121. The van der Waals surface area contributed by atoms with E-state index in [0.29, 0.717) is 18.9 Å². The van der Waals surface area contributed by atoms with E-state index in [0.717, 1.165) is 0 Å². The van der Waals surface area contributed by atoms with Crippen molar-refractivity contribution in [3.05, 3.63) is 12.7 Å². The minimum Gasteiger partial charge on any atom is -0.353 e. The first-order chi connectivity index (χ1) is 4.66. The molecular weight excluding hydrogens is 126 g/mol. The van der Waals surface area contributed by atoms with Crippen LogP contribution in [0.4, 0.5) is 0 Å². The maximum atomic E-state index is 10.9. The maximum absolute atomic E-state index is 10.9. The molecule has 0 heterocycles. The van der Waals surface area contributed by atoms with Crippen molar-refractivity contribution >= 4 is 5.91 Å². The van der Waals surface area contributed by atoms with Crippen molar-refractivity contribution < 1.29 is 4.79 Å². The highest BCUT2D eigenvalue weighted by Gasteiger charge is 2.01. The van der Waals surface area contributed by atoms with Gasteiger partial charge in [-0.25, -0.2) is 0 Å². The summed E-state index contributed by atoms with van der Waals surface area (Å²) in [5.41, 5.74) is 0. The zero-order chi connectivity index (χ0) is 7.98. The van der Waals surface area contributed by atoms with Gasteiger partial charge in [0.2, 0.25) is 5.91 Å². The van der Waals surface area contributed by atoms with Gasteiger partial charge in [-0.2, -0.15) is 0 Å². The van der Waals surface area contributed by atoms with Crippen LogP contribution >= 0.6 is 0 Å². The molecule has 0 unspecified atom stereocenters. The summed E-state index contributed by atoms with van der Waals surface area (Å²) in [5.74, 6) is 0.541. The monoisotopic (exact) mass is 141 g/mol. The smallest absolute Gasteiger partial charge is 0.220 e. The molecule has 2 heteroatoms. The summed E-state index contributed by atoms with van der Waals surface area (Å²) in [6.45, 7) is 8.11. The van der Waals surface area contributed by atoms with Gasteiger partial charge in [0, 0.05) is 13.0 Å². The van der Waals surface area contributed by atoms with Crippen LogP contribution in [0.5, 0.6) is 0 Å². The summed E-state index contributed by atoms with van der Waals surface area (Å²) in [6.07, 6.45) is 2.28. The topological polar surface area (TPSA) is 29.1 Å². The van der Waals surface area contributed by atoms with Crippen LogP contribution in [-0.4, -0.2) is 12.5 Å². The predicted molar refractivity (Wildman–Crippen MR) is 42.7 cm³/mol. The molecule has 0 aliphatic rings. The van der Waals surface area contributed by atoms with Gasteiger partial charge in [0.25, 0.3) is 0 Å². The second-order valence-corrected chi connectivity index (χ2v) is 2.69. The summed E-state index contributed by atoms with van der Waals surface area (Å²) >= 11 is 0. The third kappa shape index (κ3) is 5.35. The van der Waals surface area contributed by atoms with E-state index in [1.165, 1.54) is 0 Å². The summed E-state index contributed by atoms with van der Waals surface area (Å²) < 4.78 is 0. The Morgan fingerprint density at radius 3 is 2.70 bits per heavy atom. The number of carbonyl (C=O) groups excluding carboxylic acids is 1. The van der Waals surface area contributed by atoms with Gasteiger partial charge in [-0.15, -0.1) is 6.58 Å². The predicted octanol–water partition coefficient (Wildman–Crippen LogP) is 1.33. The standard InChI is InChI=1S/C8H15NO/c1-4-5-9-8(10)6-7(2)3/h4,7H,1,5-6H2,2-3H3,(H,9,10). The number of hydrogen-bond donors (Lipinski definition) is 1. The van der Waals surface area contributed by atoms with Crippen LogP contribution in [0, 0.1) is 5.92 Å². The fourth-order valence-corrected chi connectivity index (χ4v) is 0.629. The van der Waals surface area contributed by atoms with Gasteiger partial charge < -0.3 is 5.32 Å². The molecule has 58 valence electrons. The van der Waals surface area contributed by atoms with Crippen LogP contribution in [0.3, 0.4) is 0 Å². The third-order valence-corrected chi connectivity index (χ3v) is 1.04. The van der Waals surface area contributed by atoms with Crippen molar-refractivity contribution in [2.75, 3.05) is 6.54 Å². The summed E-state index contributed by atoms with van der Waals surface area (Å²) in [4.78, 5) is 10.9. The molecule has 0 aliphatic carbocycles. The highest BCUT2D eigenvalue weighted by Crippen LogP contribution is 1.97. The van der Waals surface area contributed by atoms with Crippen LogP contribution in [0.25, 0.3) is 0 Å². The number of rotatable bonds is 4. The summed E-state index contributed by atoms with van der Waals surface area (Å²) in [5, 5.41) is 2.71. The second kappa shape index (κ2) is 5.03. The van der Waals surface area contributed by atoms with Crippen LogP contribution < -0.4 is 5.32 Å². The van der Waals surface area contributed by atoms with Gasteiger partial charge in [0.1, 0.15) is 0 Å². The molecule has 0 rings (SSSR count). The number of hydrogen-bond acceptors (Lipinski definition) is 1. The largest absolute Gasteiger partial charge is 0.353 e. The van der Waals surface area contributed by atoms with Crippen LogP contribution in [0.1, 0.15) is 20.3 Å². The first kappa shape index (κ1) is 9.21. The van der Waals surface area contributed by atoms with Crippen LogP contribution in [0.2, 0.25) is 0 Å². The molecule has 0 aromatic rings. The average molecular weight is 141 g/mol. The molecule has 0 radical (unpaired) electrons. The molecule has 2 nitrogen and oxygen atoms in total. The van der Waals surface area contributed by atoms with E-state index in [2.05, 4.69) is 11.9 Å². The van der Waals surface area contributed by atoms with E-state index in [4.69, 9.17) is 0 Å². The fourth-order valence-electron chi connectivity index (χ4n) is 0.629. The molecule has 0 aliphatic heterocycles. The molecule has 0 saturated carbocycles. The van der Waals surface area contributed by atoms with Crippen molar-refractivity contribution in [3.63, 3.8) is 0 Å². The quantitative estimate of drug-likeness (QED) is 0.588. The van der Waals surface area contributed by atoms with Crippen molar-refractivity contribution in [1.82, 2.24) is 5.32 Å².